The van der Waals surface area contributed by atoms with Crippen LogP contribution in [0.3, 0.4) is 0 Å². The van der Waals surface area contributed by atoms with E-state index in [2.05, 4.69) is 61.7 Å². The van der Waals surface area contributed by atoms with Crippen LogP contribution in [0.1, 0.15) is 41.0 Å². The monoisotopic (exact) mass is 405 g/mol. The molecule has 0 saturated carbocycles. The Bertz CT molecular complexity index is 406. The molecule has 0 fully saturated rings. The van der Waals surface area contributed by atoms with Crippen molar-refractivity contribution in [2.75, 3.05) is 0 Å². The van der Waals surface area contributed by atoms with Crippen LogP contribution < -0.4 is 0 Å². The Balaban J connectivity index is 2.68. The standard InChI is InChI=1S/C17H28INO2/c1-10(2)14(6)16(18)11(3)8-15(19-7)17-20-12(4)9-13(5)21-17/h9-10,12,14-17H,3,7-8H2,1-2,4-6H3. The number of halogens is 1. The van der Waals surface area contributed by atoms with Crippen molar-refractivity contribution in [2.45, 2.75) is 63.4 Å². The van der Waals surface area contributed by atoms with Gasteiger partial charge in [0.25, 0.3) is 0 Å². The van der Waals surface area contributed by atoms with Gasteiger partial charge in [-0.15, -0.1) is 0 Å². The van der Waals surface area contributed by atoms with E-state index >= 15 is 0 Å². The molecular weight excluding hydrogens is 377 g/mol. The van der Waals surface area contributed by atoms with Crippen molar-refractivity contribution >= 4 is 29.3 Å². The zero-order valence-corrected chi connectivity index (χ0v) is 16.0. The molecular formula is C17H28INO2. The zero-order valence-electron chi connectivity index (χ0n) is 13.8. The first-order chi connectivity index (χ1) is 9.76. The highest BCUT2D eigenvalue weighted by Gasteiger charge is 2.30. The molecule has 1 heterocycles. The van der Waals surface area contributed by atoms with Crippen molar-refractivity contribution < 1.29 is 9.47 Å². The number of rotatable bonds is 7. The minimum absolute atomic E-state index is 0.0475. The Kier molecular flexibility index (Phi) is 7.40. The number of ether oxygens (including phenoxy) is 2. The molecule has 0 N–H and O–H groups in total. The van der Waals surface area contributed by atoms with Crippen molar-refractivity contribution in [3.8, 4) is 0 Å². The minimum atomic E-state index is -0.364. The predicted molar refractivity (Wildman–Crippen MR) is 98.1 cm³/mol. The molecule has 0 aromatic carbocycles. The summed E-state index contributed by atoms with van der Waals surface area (Å²) in [5.74, 6) is 2.10. The fourth-order valence-electron chi connectivity index (χ4n) is 2.34. The lowest BCUT2D eigenvalue weighted by molar-refractivity contribution is -0.160. The summed E-state index contributed by atoms with van der Waals surface area (Å²) in [5, 5.41) is 0. The van der Waals surface area contributed by atoms with E-state index in [1.54, 1.807) is 0 Å². The van der Waals surface area contributed by atoms with Crippen LogP contribution >= 0.6 is 22.6 Å². The summed E-state index contributed by atoms with van der Waals surface area (Å²) in [5.41, 5.74) is 1.18. The van der Waals surface area contributed by atoms with Crippen molar-refractivity contribution in [3.63, 3.8) is 0 Å². The molecule has 0 radical (unpaired) electrons. The highest BCUT2D eigenvalue weighted by molar-refractivity contribution is 14.1. The molecule has 0 saturated heterocycles. The average Bonchev–Trinajstić information content (AvgIpc) is 2.41. The lowest BCUT2D eigenvalue weighted by Gasteiger charge is -2.32. The Hall–Kier alpha value is -0.360. The summed E-state index contributed by atoms with van der Waals surface area (Å²) < 4.78 is 12.0. The number of hydrogen-bond acceptors (Lipinski definition) is 3. The summed E-state index contributed by atoms with van der Waals surface area (Å²) in [6, 6.07) is -0.111. The van der Waals surface area contributed by atoms with Gasteiger partial charge in [-0.25, -0.2) is 0 Å². The Morgan fingerprint density at radius 2 is 2.05 bits per heavy atom. The smallest absolute Gasteiger partial charge is 0.222 e. The topological polar surface area (TPSA) is 30.8 Å². The molecule has 21 heavy (non-hydrogen) atoms. The van der Waals surface area contributed by atoms with Crippen molar-refractivity contribution in [1.29, 1.82) is 0 Å². The maximum Gasteiger partial charge on any atom is 0.222 e. The number of alkyl halides is 1. The van der Waals surface area contributed by atoms with E-state index in [0.717, 1.165) is 12.2 Å². The van der Waals surface area contributed by atoms with E-state index in [1.807, 2.05) is 19.9 Å². The van der Waals surface area contributed by atoms with Crippen LogP contribution in [0.15, 0.2) is 29.0 Å². The molecule has 0 aromatic heterocycles. The summed E-state index contributed by atoms with van der Waals surface area (Å²) >= 11 is 2.48. The van der Waals surface area contributed by atoms with Crippen LogP contribution in [0.5, 0.6) is 0 Å². The van der Waals surface area contributed by atoms with E-state index in [1.165, 1.54) is 5.57 Å². The first-order valence-corrected chi connectivity index (χ1v) is 8.78. The second kappa shape index (κ2) is 8.32. The lowest BCUT2D eigenvalue weighted by Crippen LogP contribution is -2.36. The van der Waals surface area contributed by atoms with Gasteiger partial charge in [-0.3, -0.25) is 4.99 Å². The number of nitrogens with zero attached hydrogens (tertiary/aromatic N) is 1. The predicted octanol–water partition coefficient (Wildman–Crippen LogP) is 4.76. The van der Waals surface area contributed by atoms with E-state index in [9.17, 15) is 0 Å². The van der Waals surface area contributed by atoms with Gasteiger partial charge >= 0.3 is 0 Å². The van der Waals surface area contributed by atoms with Gasteiger partial charge in [-0.05, 0) is 44.9 Å². The van der Waals surface area contributed by atoms with Crippen molar-refractivity contribution in [3.05, 3.63) is 24.0 Å². The third kappa shape index (κ3) is 5.40. The highest BCUT2D eigenvalue weighted by Crippen LogP contribution is 2.31. The molecule has 0 aromatic rings. The van der Waals surface area contributed by atoms with E-state index in [4.69, 9.17) is 9.47 Å². The van der Waals surface area contributed by atoms with Crippen LogP contribution in [0.2, 0.25) is 0 Å². The molecule has 0 bridgehead atoms. The number of hydrogen-bond donors (Lipinski definition) is 0. The molecule has 0 spiro atoms. The van der Waals surface area contributed by atoms with Gasteiger partial charge < -0.3 is 9.47 Å². The molecule has 3 nitrogen and oxygen atoms in total. The highest BCUT2D eigenvalue weighted by atomic mass is 127. The quantitative estimate of drug-likeness (QED) is 0.265. The van der Waals surface area contributed by atoms with Crippen LogP contribution in [-0.4, -0.2) is 29.1 Å². The van der Waals surface area contributed by atoms with Gasteiger partial charge in [0.1, 0.15) is 6.04 Å². The van der Waals surface area contributed by atoms with E-state index in [0.29, 0.717) is 15.8 Å². The third-order valence-electron chi connectivity index (χ3n) is 4.04. The molecule has 4 heteroatoms. The third-order valence-corrected chi connectivity index (χ3v) is 6.06. The SMILES string of the molecule is C=NC(CC(=C)C(I)C(C)C(C)C)C1OC(C)=CC(C)O1. The second-order valence-electron chi connectivity index (χ2n) is 6.22. The maximum absolute atomic E-state index is 5.82. The van der Waals surface area contributed by atoms with Crippen LogP contribution in [0.4, 0.5) is 0 Å². The van der Waals surface area contributed by atoms with Gasteiger partial charge in [0.15, 0.2) is 0 Å². The Morgan fingerprint density at radius 3 is 2.52 bits per heavy atom. The molecule has 5 atom stereocenters. The fourth-order valence-corrected chi connectivity index (χ4v) is 3.42. The first kappa shape index (κ1) is 18.7. The molecule has 1 aliphatic rings. The van der Waals surface area contributed by atoms with E-state index < -0.39 is 0 Å². The number of allylic oxidation sites excluding steroid dienone is 1. The average molecular weight is 405 g/mol. The molecule has 1 aliphatic heterocycles. The Morgan fingerprint density at radius 1 is 1.43 bits per heavy atom. The first-order valence-electron chi connectivity index (χ1n) is 7.54. The van der Waals surface area contributed by atoms with Crippen LogP contribution in [-0.2, 0) is 9.47 Å². The van der Waals surface area contributed by atoms with Gasteiger partial charge in [0.2, 0.25) is 6.29 Å². The summed E-state index contributed by atoms with van der Waals surface area (Å²) in [6.45, 7) is 18.7. The van der Waals surface area contributed by atoms with Crippen LogP contribution in [0, 0.1) is 11.8 Å². The van der Waals surface area contributed by atoms with Crippen molar-refractivity contribution in [1.82, 2.24) is 0 Å². The van der Waals surface area contributed by atoms with Gasteiger partial charge in [0.05, 0.1) is 11.9 Å². The molecule has 0 aliphatic carbocycles. The second-order valence-corrected chi connectivity index (χ2v) is 7.56. The van der Waals surface area contributed by atoms with Gasteiger partial charge in [-0.1, -0.05) is 55.5 Å². The fraction of sp³-hybridized carbons (Fsp3) is 0.706. The molecule has 0 amide bonds. The summed E-state index contributed by atoms with van der Waals surface area (Å²) in [4.78, 5) is 4.22. The molecule has 1 rings (SSSR count). The summed E-state index contributed by atoms with van der Waals surface area (Å²) in [6.07, 6.45) is 2.40. The minimum Gasteiger partial charge on any atom is -0.467 e. The molecule has 120 valence electrons. The van der Waals surface area contributed by atoms with Gasteiger partial charge in [0, 0.05) is 3.92 Å². The molecule has 5 unspecified atom stereocenters. The van der Waals surface area contributed by atoms with Crippen molar-refractivity contribution in [2.24, 2.45) is 16.8 Å². The lowest BCUT2D eigenvalue weighted by atomic mass is 9.89. The van der Waals surface area contributed by atoms with Crippen LogP contribution in [0.25, 0.3) is 0 Å². The maximum atomic E-state index is 5.82. The zero-order chi connectivity index (χ0) is 16.2. The van der Waals surface area contributed by atoms with E-state index in [-0.39, 0.29) is 18.4 Å². The normalized spacial score (nSPS) is 26.5. The summed E-state index contributed by atoms with van der Waals surface area (Å²) in [7, 11) is 0. The number of aliphatic imine (C=N–C) groups is 1. The Labute approximate surface area is 143 Å². The van der Waals surface area contributed by atoms with Gasteiger partial charge in [-0.2, -0.15) is 0 Å². The largest absolute Gasteiger partial charge is 0.467 e.